The fourth-order valence-corrected chi connectivity index (χ4v) is 19.1. The summed E-state index contributed by atoms with van der Waals surface area (Å²) < 4.78 is 174. The molecule has 10 aromatic carbocycles. The van der Waals surface area contributed by atoms with Crippen LogP contribution in [-0.4, -0.2) is 22.2 Å². The molecule has 3 unspecified atom stereocenters. The van der Waals surface area contributed by atoms with Crippen molar-refractivity contribution < 1.29 is 53.7 Å². The first-order valence-electron chi connectivity index (χ1n) is 40.6. The third-order valence-electron chi connectivity index (χ3n) is 19.0. The molecule has 1 fully saturated rings. The fourth-order valence-electron chi connectivity index (χ4n) is 14.3. The van der Waals surface area contributed by atoms with Gasteiger partial charge in [0, 0.05) is 64.8 Å². The van der Waals surface area contributed by atoms with Crippen molar-refractivity contribution in [2.45, 2.75) is 99.0 Å². The van der Waals surface area contributed by atoms with Gasteiger partial charge in [0.05, 0.1) is 19.5 Å². The van der Waals surface area contributed by atoms with Crippen LogP contribution < -0.4 is 30.1 Å². The minimum Gasteiger partial charge on any atom is -0.510 e. The average molecular weight is 1450 g/mol. The smallest absolute Gasteiger partial charge is 0.268 e. The Hall–Kier alpha value is -9.19. The van der Waals surface area contributed by atoms with Gasteiger partial charge in [-0.05, 0) is 152 Å². The molecule has 4 heterocycles. The van der Waals surface area contributed by atoms with Gasteiger partial charge in [-0.2, -0.15) is 18.2 Å². The molecular formula is C88H78N4OPtSi-2. The Bertz CT molecular complexity index is 5880. The fraction of sp³-hybridized carbons (Fsp3) is 0.205. The van der Waals surface area contributed by atoms with Crippen LogP contribution in [0.3, 0.4) is 0 Å². The molecule has 472 valence electrons. The normalized spacial score (nSPS) is 21.7. The van der Waals surface area contributed by atoms with Crippen molar-refractivity contribution in [3.8, 4) is 62.1 Å². The molecule has 0 spiro atoms. The summed E-state index contributed by atoms with van der Waals surface area (Å²) in [5.74, 6) is -1.19. The molecule has 7 heteroatoms. The summed E-state index contributed by atoms with van der Waals surface area (Å²) in [6.07, 6.45) is -5.12. The van der Waals surface area contributed by atoms with Crippen LogP contribution in [-0.2, 0) is 31.9 Å². The first-order chi connectivity index (χ1) is 52.5. The van der Waals surface area contributed by atoms with Gasteiger partial charge >= 0.3 is 0 Å². The van der Waals surface area contributed by atoms with Gasteiger partial charge in [0.15, 0.2) is 8.07 Å². The molecule has 1 saturated carbocycles. The topological polar surface area (TPSA) is 35.9 Å². The van der Waals surface area contributed by atoms with E-state index in [1.807, 2.05) is 124 Å². The third-order valence-corrected chi connectivity index (χ3v) is 23.8. The monoisotopic (exact) mass is 1450 g/mol. The Morgan fingerprint density at radius 2 is 1.18 bits per heavy atom. The maximum absolute atomic E-state index is 10.7. The number of rotatable bonds is 9. The Labute approximate surface area is 599 Å². The van der Waals surface area contributed by atoms with Crippen molar-refractivity contribution in [1.29, 1.82) is 0 Å². The molecule has 0 saturated heterocycles. The van der Waals surface area contributed by atoms with Gasteiger partial charge < -0.3 is 13.9 Å². The molecular weight excluding hydrogens is 1350 g/mol. The minimum absolute atomic E-state index is 0. The third kappa shape index (κ3) is 10.4. The molecule has 0 N–H and O–H groups in total. The summed E-state index contributed by atoms with van der Waals surface area (Å²) >= 11 is 0. The van der Waals surface area contributed by atoms with Gasteiger partial charge in [0.2, 0.25) is 0 Å². The summed E-state index contributed by atoms with van der Waals surface area (Å²) in [6.45, 7) is -1.10. The van der Waals surface area contributed by atoms with E-state index in [0.29, 0.717) is 56.1 Å². The molecule has 0 amide bonds. The van der Waals surface area contributed by atoms with Crippen molar-refractivity contribution in [3.63, 3.8) is 0 Å². The summed E-state index contributed by atoms with van der Waals surface area (Å²) in [4.78, 5) is 5.06. The zero-order chi connectivity index (χ0) is 78.9. The van der Waals surface area contributed by atoms with Crippen LogP contribution in [0.15, 0.2) is 254 Å². The molecule has 5 nitrogen and oxygen atoms in total. The Morgan fingerprint density at radius 1 is 0.568 bits per heavy atom. The van der Waals surface area contributed by atoms with Crippen molar-refractivity contribution >= 4 is 67.2 Å². The van der Waals surface area contributed by atoms with E-state index >= 15 is 0 Å². The van der Waals surface area contributed by atoms with Crippen molar-refractivity contribution in [2.75, 3.05) is 0 Å². The van der Waals surface area contributed by atoms with E-state index in [2.05, 4.69) is 165 Å². The molecule has 3 atom stereocenters. The summed E-state index contributed by atoms with van der Waals surface area (Å²) in [6, 6.07) is 83.2. The molecule has 16 rings (SSSR count). The number of nitrogens with zero attached hydrogens (tertiary/aromatic N) is 4. The Balaban J connectivity index is 0.00000992. The summed E-state index contributed by atoms with van der Waals surface area (Å²) in [7, 11) is -3.02. The SMILES string of the molecule is [2H]CC1(C([2H])([2H])[2H])C2C(=C([2H])C(c3cc(C(C)(C)C)cc4c3-[n+]3[c-]n(-c5[c-]c(Oc6[c-]c7c(cc6)c6cc([Si](c8ccccc8)(c8ccccc8)c8ccccc8)ccc6n7-c6cc(C(C)(C)C)ccn6)ccc5)c5cccc(c53)-c3ccccc3-c3ccccc3-4)=C([2H])C2[2H])C(C([2H])([2H])[2H])(C([2H])([2H])[2H])C([2H])([2H])C1([2H])[2H].[Pt]. The van der Waals surface area contributed by atoms with E-state index in [1.165, 1.54) is 20.7 Å². The van der Waals surface area contributed by atoms with Gasteiger partial charge in [-0.15, -0.1) is 29.7 Å². The van der Waals surface area contributed by atoms with Crippen LogP contribution in [0.2, 0.25) is 0 Å². The maximum atomic E-state index is 10.7. The van der Waals surface area contributed by atoms with E-state index in [9.17, 15) is 17.8 Å². The van der Waals surface area contributed by atoms with Crippen LogP contribution in [0.1, 0.15) is 128 Å². The molecule has 3 aromatic heterocycles. The second kappa shape index (κ2) is 23.3. The minimum atomic E-state index is -4.23. The van der Waals surface area contributed by atoms with Gasteiger partial charge in [-0.3, -0.25) is 4.57 Å². The molecule has 3 aliphatic rings. The number of aromatic nitrogens is 4. The predicted octanol–water partition coefficient (Wildman–Crippen LogP) is 19.1. The number of allylic oxidation sites excluding steroid dienone is 4. The van der Waals surface area contributed by atoms with Gasteiger partial charge in [-0.25, -0.2) is 4.98 Å². The molecule has 1 aliphatic heterocycles. The second-order valence-electron chi connectivity index (χ2n) is 27.0. The second-order valence-corrected chi connectivity index (χ2v) is 30.8. The number of imidazole rings is 1. The van der Waals surface area contributed by atoms with Crippen molar-refractivity contribution in [3.05, 3.63) is 290 Å². The number of pyridine rings is 1. The van der Waals surface area contributed by atoms with Crippen LogP contribution >= 0.6 is 0 Å². The number of para-hydroxylation sites is 1. The first kappa shape index (κ1) is 45.2. The molecule has 0 radical (unpaired) electrons. The Kier molecular flexibility index (Phi) is 11.1. The van der Waals surface area contributed by atoms with E-state index in [-0.39, 0.29) is 43.5 Å². The van der Waals surface area contributed by atoms with Gasteiger partial charge in [-0.1, -0.05) is 274 Å². The molecule has 2 aliphatic carbocycles. The molecule has 95 heavy (non-hydrogen) atoms. The molecule has 0 bridgehead atoms. The predicted molar refractivity (Wildman–Crippen MR) is 392 cm³/mol. The number of ether oxygens (including phenoxy) is 1. The van der Waals surface area contributed by atoms with Crippen LogP contribution in [0.25, 0.3) is 89.0 Å². The number of fused-ring (bicyclic) bond motifs is 11. The standard InChI is InChI=1S/C88H78N4OSi.Pt/c1-85(2,3)59-46-49-89-82(53-59)92-79-45-42-67(94(64-28-14-11-15-29-64,65-30-16-12-17-31-65)66-32-18-13-19-33-66)56-75(79)72-43-41-63(55-81(72)92)93-62-27-24-26-61(54-62)90-57-91-83-74(58-40-44-77-78(50-58)88(9,10)48-47-87(77,7)8)51-60(86(4,5)6)52-76(83)71-37-23-21-35-69(71)68-34-20-22-36-70(68)73-38-25-39-80(90)84(73)91;/h11-43,45-46,49-53,56,77H,44,47-48H2,1-10H3;/q-2;/i7D,8D3,9D3,10D3,40D,44D,47D2,48D2,50D;. The number of hydrogen-bond acceptors (Lipinski definition) is 2. The number of hydrogen-bond donors (Lipinski definition) is 0. The van der Waals surface area contributed by atoms with Crippen LogP contribution in [0.5, 0.6) is 11.5 Å². The quantitative estimate of drug-likeness (QED) is 0.0625. The zero-order valence-electron chi connectivity index (χ0n) is 70.4. The van der Waals surface area contributed by atoms with E-state index in [0.717, 1.165) is 38.5 Å². The van der Waals surface area contributed by atoms with E-state index in [1.54, 1.807) is 21.3 Å². The van der Waals surface area contributed by atoms with Crippen LogP contribution in [0, 0.1) is 35.2 Å². The number of benzene rings is 10. The zero-order valence-corrected chi connectivity index (χ0v) is 56.7. The van der Waals surface area contributed by atoms with E-state index < -0.39 is 100 Å². The summed E-state index contributed by atoms with van der Waals surface area (Å²) in [5.41, 5.74) is -1.05. The van der Waals surface area contributed by atoms with Crippen molar-refractivity contribution in [2.24, 2.45) is 16.7 Å². The van der Waals surface area contributed by atoms with Crippen LogP contribution in [0.4, 0.5) is 0 Å². The average Bonchev–Trinajstić information content (AvgIpc) is 0.691. The maximum Gasteiger partial charge on any atom is 0.268 e. The largest absolute Gasteiger partial charge is 0.510 e. The molecule has 13 aromatic rings. The Morgan fingerprint density at radius 3 is 1.82 bits per heavy atom. The summed E-state index contributed by atoms with van der Waals surface area (Å²) in [5, 5.41) is 6.79. The van der Waals surface area contributed by atoms with E-state index in [4.69, 9.17) is 15.2 Å². The first-order valence-corrected chi connectivity index (χ1v) is 33.8. The van der Waals surface area contributed by atoms with Gasteiger partial charge in [0.1, 0.15) is 5.82 Å². The van der Waals surface area contributed by atoms with Gasteiger partial charge in [0.25, 0.3) is 6.33 Å². The van der Waals surface area contributed by atoms with Crippen molar-refractivity contribution in [1.82, 2.24) is 14.1 Å².